The van der Waals surface area contributed by atoms with Crippen LogP contribution in [0.5, 0.6) is 0 Å². The molecule has 7 heteroatoms. The van der Waals surface area contributed by atoms with Crippen molar-refractivity contribution in [3.8, 4) is 0 Å². The lowest BCUT2D eigenvalue weighted by molar-refractivity contribution is -0.121. The Morgan fingerprint density at radius 1 is 1.43 bits per heavy atom. The average Bonchev–Trinajstić information content (AvgIpc) is 3.23. The first kappa shape index (κ1) is 16.4. The van der Waals surface area contributed by atoms with Gasteiger partial charge in [0.15, 0.2) is 0 Å². The number of carbonyl (C=O) groups is 1. The van der Waals surface area contributed by atoms with Crippen molar-refractivity contribution in [2.24, 2.45) is 5.92 Å². The number of nitrogens with zero attached hydrogens (tertiary/aromatic N) is 3. The zero-order valence-corrected chi connectivity index (χ0v) is 13.6. The SMILES string of the molecule is O=C(CCN1CCC(O)(c2cn[nH]n2)C1)NCC1CCCCC1. The van der Waals surface area contributed by atoms with E-state index >= 15 is 0 Å². The lowest BCUT2D eigenvalue weighted by Gasteiger charge is -2.22. The van der Waals surface area contributed by atoms with Gasteiger partial charge in [-0.2, -0.15) is 15.4 Å². The minimum absolute atomic E-state index is 0.118. The third-order valence-corrected chi connectivity index (χ3v) is 5.19. The maximum atomic E-state index is 12.0. The molecule has 2 aliphatic rings. The van der Waals surface area contributed by atoms with E-state index in [2.05, 4.69) is 25.6 Å². The number of likely N-dealkylation sites (tertiary alicyclic amines) is 1. The molecule has 1 amide bonds. The van der Waals surface area contributed by atoms with Crippen molar-refractivity contribution >= 4 is 5.91 Å². The fourth-order valence-corrected chi connectivity index (χ4v) is 3.69. The summed E-state index contributed by atoms with van der Waals surface area (Å²) in [6.07, 6.45) is 9.12. The van der Waals surface area contributed by atoms with Crippen molar-refractivity contribution in [2.75, 3.05) is 26.2 Å². The van der Waals surface area contributed by atoms with Crippen LogP contribution in [0.3, 0.4) is 0 Å². The van der Waals surface area contributed by atoms with Gasteiger partial charge in [0, 0.05) is 32.6 Å². The summed E-state index contributed by atoms with van der Waals surface area (Å²) in [6, 6.07) is 0. The van der Waals surface area contributed by atoms with Gasteiger partial charge < -0.3 is 10.4 Å². The molecule has 1 aliphatic carbocycles. The van der Waals surface area contributed by atoms with E-state index in [1.807, 2.05) is 0 Å². The highest BCUT2D eigenvalue weighted by atomic mass is 16.3. The van der Waals surface area contributed by atoms with Gasteiger partial charge in [-0.1, -0.05) is 19.3 Å². The number of amides is 1. The molecule has 2 heterocycles. The standard InChI is InChI=1S/C16H27N5O2/c22-15(17-10-13-4-2-1-3-5-13)6-8-21-9-7-16(23,12-21)14-11-18-20-19-14/h11,13,23H,1-10,12H2,(H,17,22)(H,18,19,20). The predicted octanol–water partition coefficient (Wildman–Crippen LogP) is 0.785. The van der Waals surface area contributed by atoms with E-state index in [-0.39, 0.29) is 5.91 Å². The van der Waals surface area contributed by atoms with Crippen molar-refractivity contribution in [2.45, 2.75) is 50.5 Å². The molecule has 1 atom stereocenters. The van der Waals surface area contributed by atoms with Crippen LogP contribution in [0.4, 0.5) is 0 Å². The number of aliphatic hydroxyl groups is 1. The highest BCUT2D eigenvalue weighted by molar-refractivity contribution is 5.76. The molecule has 1 aromatic heterocycles. The molecule has 2 fully saturated rings. The lowest BCUT2D eigenvalue weighted by Crippen LogP contribution is -2.35. The quantitative estimate of drug-likeness (QED) is 0.720. The van der Waals surface area contributed by atoms with Gasteiger partial charge in [0.25, 0.3) is 0 Å². The van der Waals surface area contributed by atoms with Gasteiger partial charge in [0.05, 0.1) is 6.20 Å². The number of hydrogen-bond donors (Lipinski definition) is 3. The van der Waals surface area contributed by atoms with Crippen molar-refractivity contribution in [1.82, 2.24) is 25.6 Å². The molecule has 128 valence electrons. The van der Waals surface area contributed by atoms with E-state index in [1.165, 1.54) is 32.1 Å². The van der Waals surface area contributed by atoms with E-state index in [0.717, 1.165) is 13.1 Å². The molecule has 1 saturated heterocycles. The van der Waals surface area contributed by atoms with Gasteiger partial charge in [-0.15, -0.1) is 0 Å². The van der Waals surface area contributed by atoms with Crippen LogP contribution in [-0.4, -0.2) is 57.5 Å². The maximum absolute atomic E-state index is 12.0. The van der Waals surface area contributed by atoms with Crippen molar-refractivity contribution < 1.29 is 9.90 Å². The number of rotatable bonds is 6. The average molecular weight is 321 g/mol. The van der Waals surface area contributed by atoms with Crippen LogP contribution in [0, 0.1) is 5.92 Å². The topological polar surface area (TPSA) is 94.1 Å². The molecule has 1 unspecified atom stereocenters. The normalized spacial score (nSPS) is 26.5. The molecule has 1 saturated carbocycles. The summed E-state index contributed by atoms with van der Waals surface area (Å²) in [7, 11) is 0. The van der Waals surface area contributed by atoms with Gasteiger partial charge in [-0.25, -0.2) is 0 Å². The van der Waals surface area contributed by atoms with E-state index in [9.17, 15) is 9.90 Å². The first-order chi connectivity index (χ1) is 11.2. The summed E-state index contributed by atoms with van der Waals surface area (Å²) < 4.78 is 0. The first-order valence-corrected chi connectivity index (χ1v) is 8.73. The van der Waals surface area contributed by atoms with Gasteiger partial charge in [0.1, 0.15) is 11.3 Å². The molecular weight excluding hydrogens is 294 g/mol. The maximum Gasteiger partial charge on any atom is 0.221 e. The van der Waals surface area contributed by atoms with Crippen LogP contribution in [0.2, 0.25) is 0 Å². The molecule has 3 rings (SSSR count). The molecular formula is C16H27N5O2. The minimum Gasteiger partial charge on any atom is -0.382 e. The smallest absolute Gasteiger partial charge is 0.221 e. The van der Waals surface area contributed by atoms with E-state index in [0.29, 0.717) is 37.5 Å². The third kappa shape index (κ3) is 4.29. The largest absolute Gasteiger partial charge is 0.382 e. The Bertz CT molecular complexity index is 501. The Kier molecular flexibility index (Phi) is 5.27. The molecule has 0 bridgehead atoms. The van der Waals surface area contributed by atoms with Crippen molar-refractivity contribution in [1.29, 1.82) is 0 Å². The highest BCUT2D eigenvalue weighted by Gasteiger charge is 2.39. The summed E-state index contributed by atoms with van der Waals surface area (Å²) in [4.78, 5) is 14.1. The predicted molar refractivity (Wildman–Crippen MR) is 85.5 cm³/mol. The van der Waals surface area contributed by atoms with Crippen molar-refractivity contribution in [3.63, 3.8) is 0 Å². The third-order valence-electron chi connectivity index (χ3n) is 5.19. The fraction of sp³-hybridized carbons (Fsp3) is 0.812. The van der Waals surface area contributed by atoms with Gasteiger partial charge in [0.2, 0.25) is 5.91 Å². The molecule has 0 radical (unpaired) electrons. The lowest BCUT2D eigenvalue weighted by atomic mass is 9.89. The number of nitrogens with one attached hydrogen (secondary N) is 2. The number of hydrogen-bond acceptors (Lipinski definition) is 5. The zero-order valence-electron chi connectivity index (χ0n) is 13.6. The van der Waals surface area contributed by atoms with E-state index in [4.69, 9.17) is 0 Å². The monoisotopic (exact) mass is 321 g/mol. The molecule has 7 nitrogen and oxygen atoms in total. The molecule has 3 N–H and O–H groups in total. The second-order valence-electron chi connectivity index (χ2n) is 6.97. The minimum atomic E-state index is -0.939. The molecule has 0 aromatic carbocycles. The molecule has 0 spiro atoms. The van der Waals surface area contributed by atoms with E-state index < -0.39 is 5.60 Å². The molecule has 23 heavy (non-hydrogen) atoms. The Morgan fingerprint density at radius 3 is 3.00 bits per heavy atom. The number of aromatic amines is 1. The Hall–Kier alpha value is -1.47. The highest BCUT2D eigenvalue weighted by Crippen LogP contribution is 2.30. The van der Waals surface area contributed by atoms with Crippen molar-refractivity contribution in [3.05, 3.63) is 11.9 Å². The number of aromatic nitrogens is 3. The van der Waals surface area contributed by atoms with Gasteiger partial charge >= 0.3 is 0 Å². The summed E-state index contributed by atoms with van der Waals surface area (Å²) in [5, 5.41) is 24.0. The summed E-state index contributed by atoms with van der Waals surface area (Å²) >= 11 is 0. The fourth-order valence-electron chi connectivity index (χ4n) is 3.69. The summed E-state index contributed by atoms with van der Waals surface area (Å²) in [5.41, 5.74) is -0.354. The zero-order chi connectivity index (χ0) is 16.1. The van der Waals surface area contributed by atoms with Crippen LogP contribution in [-0.2, 0) is 10.4 Å². The Morgan fingerprint density at radius 2 is 2.26 bits per heavy atom. The Balaban J connectivity index is 1.36. The number of carbonyl (C=O) groups excluding carboxylic acids is 1. The second-order valence-corrected chi connectivity index (χ2v) is 6.97. The Labute approximate surface area is 136 Å². The first-order valence-electron chi connectivity index (χ1n) is 8.73. The number of β-amino-alcohol motifs (C(OH)–C–C–N with tert-alkyl or cyclic N) is 1. The molecule has 1 aliphatic heterocycles. The second kappa shape index (κ2) is 7.40. The number of H-pyrrole nitrogens is 1. The van der Waals surface area contributed by atoms with E-state index in [1.54, 1.807) is 6.20 Å². The van der Waals surface area contributed by atoms with Crippen LogP contribution < -0.4 is 5.32 Å². The van der Waals surface area contributed by atoms with Gasteiger partial charge in [-0.05, 0) is 25.2 Å². The molecule has 1 aromatic rings. The van der Waals surface area contributed by atoms with Crippen LogP contribution in [0.15, 0.2) is 6.20 Å². The van der Waals surface area contributed by atoms with Crippen LogP contribution >= 0.6 is 0 Å². The van der Waals surface area contributed by atoms with Crippen LogP contribution in [0.1, 0.15) is 50.6 Å². The summed E-state index contributed by atoms with van der Waals surface area (Å²) in [6.45, 7) is 2.78. The van der Waals surface area contributed by atoms with Crippen LogP contribution in [0.25, 0.3) is 0 Å². The summed E-state index contributed by atoms with van der Waals surface area (Å²) in [5.74, 6) is 0.782. The van der Waals surface area contributed by atoms with Gasteiger partial charge in [-0.3, -0.25) is 9.69 Å².